The number of fused-ring (bicyclic) bond motifs is 1. The van der Waals surface area contributed by atoms with Gasteiger partial charge in [-0.3, -0.25) is 0 Å². The van der Waals surface area contributed by atoms with Crippen LogP contribution < -0.4 is 14.8 Å². The second kappa shape index (κ2) is 12.6. The van der Waals surface area contributed by atoms with Gasteiger partial charge in [0.2, 0.25) is 5.79 Å². The van der Waals surface area contributed by atoms with Crippen molar-refractivity contribution >= 4 is 8.32 Å². The Morgan fingerprint density at radius 1 is 0.978 bits per heavy atom. The number of ether oxygens (including phenoxy) is 3. The van der Waals surface area contributed by atoms with Crippen molar-refractivity contribution in [1.82, 2.24) is 5.32 Å². The summed E-state index contributed by atoms with van der Waals surface area (Å²) in [5.41, 5.74) is 4.15. The maximum Gasteiger partial charge on any atom is 0.205 e. The van der Waals surface area contributed by atoms with Gasteiger partial charge in [0.1, 0.15) is 11.5 Å². The molecule has 4 saturated carbocycles. The van der Waals surface area contributed by atoms with Crippen LogP contribution in [-0.2, 0) is 22.2 Å². The first-order chi connectivity index (χ1) is 21.2. The fraction of sp³-hybridized carbons (Fsp3) is 0.692. The van der Waals surface area contributed by atoms with Crippen LogP contribution in [0.5, 0.6) is 11.5 Å². The Kier molecular flexibility index (Phi) is 9.28. The average Bonchev–Trinajstić information content (AvgIpc) is 2.93. The van der Waals surface area contributed by atoms with Crippen LogP contribution in [0.25, 0.3) is 0 Å². The topological polar surface area (TPSA) is 49.0 Å². The summed E-state index contributed by atoms with van der Waals surface area (Å²) in [7, 11) is -2.02. The highest BCUT2D eigenvalue weighted by Gasteiger charge is 2.50. The van der Waals surface area contributed by atoms with Gasteiger partial charge in [-0.1, -0.05) is 39.0 Å². The van der Waals surface area contributed by atoms with E-state index in [1.54, 1.807) is 0 Å². The molecule has 2 aromatic rings. The van der Waals surface area contributed by atoms with Gasteiger partial charge in [-0.05, 0) is 135 Å². The van der Waals surface area contributed by atoms with Crippen LogP contribution >= 0.6 is 0 Å². The molecule has 2 aromatic carbocycles. The smallest absolute Gasteiger partial charge is 0.205 e. The predicted molar refractivity (Wildman–Crippen MR) is 185 cm³/mol. The van der Waals surface area contributed by atoms with E-state index in [2.05, 4.69) is 88.6 Å². The molecule has 4 fully saturated rings. The Hall–Kier alpha value is -1.86. The molecular weight excluding hydrogens is 575 g/mol. The average molecular weight is 634 g/mol. The van der Waals surface area contributed by atoms with E-state index in [-0.39, 0.29) is 11.1 Å². The van der Waals surface area contributed by atoms with Crippen molar-refractivity contribution in [2.45, 2.75) is 136 Å². The number of nitrogens with one attached hydrogen (secondary N) is 1. The van der Waals surface area contributed by atoms with Crippen LogP contribution in [0.15, 0.2) is 42.5 Å². The molecule has 1 heterocycles. The summed E-state index contributed by atoms with van der Waals surface area (Å²) >= 11 is 0. The second-order valence-electron chi connectivity index (χ2n) is 17.2. The van der Waals surface area contributed by atoms with E-state index in [1.165, 1.54) is 56.1 Å². The van der Waals surface area contributed by atoms with Gasteiger partial charge in [0.15, 0.2) is 8.32 Å². The number of hydrogen-bond acceptors (Lipinski definition) is 5. The van der Waals surface area contributed by atoms with Crippen molar-refractivity contribution in [2.24, 2.45) is 23.2 Å². The number of benzene rings is 2. The van der Waals surface area contributed by atoms with E-state index in [9.17, 15) is 0 Å². The maximum atomic E-state index is 7.05. The van der Waals surface area contributed by atoms with E-state index in [1.807, 2.05) is 13.8 Å². The Bertz CT molecular complexity index is 1300. The summed E-state index contributed by atoms with van der Waals surface area (Å²) in [5, 5.41) is 3.95. The molecule has 0 saturated heterocycles. The van der Waals surface area contributed by atoms with Crippen LogP contribution in [0.4, 0.5) is 0 Å². The third kappa shape index (κ3) is 7.83. The molecule has 0 spiro atoms. The number of hydrogen-bond donors (Lipinski definition) is 1. The van der Waals surface area contributed by atoms with Gasteiger partial charge in [-0.15, -0.1) is 0 Å². The fourth-order valence-corrected chi connectivity index (χ4v) is 10.1. The van der Waals surface area contributed by atoms with Gasteiger partial charge < -0.3 is 24.0 Å². The minimum absolute atomic E-state index is 0.0483. The highest BCUT2D eigenvalue weighted by molar-refractivity contribution is 6.74. The third-order valence-electron chi connectivity index (χ3n) is 11.8. The lowest BCUT2D eigenvalue weighted by Crippen LogP contribution is -2.46. The van der Waals surface area contributed by atoms with Crippen molar-refractivity contribution in [1.29, 1.82) is 0 Å². The summed E-state index contributed by atoms with van der Waals surface area (Å²) in [5.74, 6) is 4.33. The molecule has 248 valence electrons. The van der Waals surface area contributed by atoms with Crippen molar-refractivity contribution in [3.8, 4) is 11.5 Å². The molecule has 5 nitrogen and oxygen atoms in total. The molecular formula is C39H59NO4Si. The highest BCUT2D eigenvalue weighted by atomic mass is 28.4. The lowest BCUT2D eigenvalue weighted by atomic mass is 9.49. The van der Waals surface area contributed by atoms with Crippen LogP contribution in [0.1, 0.15) is 109 Å². The summed E-state index contributed by atoms with van der Waals surface area (Å²) in [4.78, 5) is 0. The summed E-state index contributed by atoms with van der Waals surface area (Å²) in [6, 6.07) is 15.6. The van der Waals surface area contributed by atoms with Gasteiger partial charge >= 0.3 is 0 Å². The Morgan fingerprint density at radius 3 is 2.33 bits per heavy atom. The molecule has 1 aliphatic heterocycles. The lowest BCUT2D eigenvalue weighted by Gasteiger charge is -2.57. The normalized spacial score (nSPS) is 28.3. The molecule has 1 N–H and O–H groups in total. The van der Waals surface area contributed by atoms with Crippen molar-refractivity contribution in [3.63, 3.8) is 0 Å². The zero-order chi connectivity index (χ0) is 32.0. The summed E-state index contributed by atoms with van der Waals surface area (Å²) in [6.07, 6.45) is 11.0. The number of rotatable bonds is 12. The van der Waals surface area contributed by atoms with Gasteiger partial charge in [0, 0.05) is 32.0 Å². The molecule has 0 aromatic heterocycles. The fourth-order valence-electron chi connectivity index (χ4n) is 8.80. The molecule has 2 atom stereocenters. The van der Waals surface area contributed by atoms with Crippen molar-refractivity contribution < 1.29 is 18.6 Å². The monoisotopic (exact) mass is 633 g/mol. The molecule has 5 aliphatic rings. The standard InChI is InChI=1S/C39H59NO4Si/c1-27(16-28-10-9-11-34(20-28)41-15-14-39-22-29-17-30(23-39)19-31(18-29)24-39)40-25-36(44-45(7,8)37(2,3)4)32-12-13-35-33(21-32)26-42-38(5,6)43-35/h9-13,20-21,27,29-31,36,40H,14-19,22-26H2,1-8H3/t27-,29?,30?,31?,36+,39?/m1/s1. The SMILES string of the molecule is C[C@H](Cc1cccc(OCCC23CC4CC(CC(C4)C2)C3)c1)NC[C@H](O[Si](C)(C)C(C)(C)C)c1ccc2c(c1)COC(C)(C)O2. The van der Waals surface area contributed by atoms with E-state index in [0.717, 1.165) is 54.4 Å². The maximum absolute atomic E-state index is 7.05. The zero-order valence-corrected chi connectivity index (χ0v) is 30.3. The minimum Gasteiger partial charge on any atom is -0.494 e. The molecule has 0 radical (unpaired) electrons. The predicted octanol–water partition coefficient (Wildman–Crippen LogP) is 9.60. The molecule has 6 heteroatoms. The van der Waals surface area contributed by atoms with E-state index >= 15 is 0 Å². The Balaban J connectivity index is 1.06. The molecule has 4 aliphatic carbocycles. The van der Waals surface area contributed by atoms with E-state index < -0.39 is 14.1 Å². The Morgan fingerprint density at radius 2 is 1.67 bits per heavy atom. The quantitative estimate of drug-likeness (QED) is 0.236. The molecule has 0 amide bonds. The first-order valence-electron chi connectivity index (χ1n) is 17.8. The molecule has 7 rings (SSSR count). The lowest BCUT2D eigenvalue weighted by molar-refractivity contribution is -0.180. The minimum atomic E-state index is -2.02. The van der Waals surface area contributed by atoms with Crippen molar-refractivity contribution in [2.75, 3.05) is 13.2 Å². The van der Waals surface area contributed by atoms with Crippen LogP contribution in [-0.4, -0.2) is 33.3 Å². The zero-order valence-electron chi connectivity index (χ0n) is 29.3. The van der Waals surface area contributed by atoms with Gasteiger partial charge in [0.05, 0.1) is 19.3 Å². The van der Waals surface area contributed by atoms with Crippen LogP contribution in [0.2, 0.25) is 18.1 Å². The molecule has 0 unspecified atom stereocenters. The third-order valence-corrected chi connectivity index (χ3v) is 16.3. The van der Waals surface area contributed by atoms with Crippen LogP contribution in [0.3, 0.4) is 0 Å². The van der Waals surface area contributed by atoms with E-state index in [4.69, 9.17) is 18.6 Å². The first-order valence-corrected chi connectivity index (χ1v) is 20.7. The highest BCUT2D eigenvalue weighted by Crippen LogP contribution is 2.61. The van der Waals surface area contributed by atoms with Gasteiger partial charge in [-0.2, -0.15) is 0 Å². The van der Waals surface area contributed by atoms with E-state index in [0.29, 0.717) is 18.1 Å². The van der Waals surface area contributed by atoms with Crippen LogP contribution in [0, 0.1) is 23.2 Å². The van der Waals surface area contributed by atoms with Crippen molar-refractivity contribution in [3.05, 3.63) is 59.2 Å². The molecule has 4 bridgehead atoms. The first kappa shape index (κ1) is 33.1. The van der Waals surface area contributed by atoms with Gasteiger partial charge in [0.25, 0.3) is 0 Å². The molecule has 45 heavy (non-hydrogen) atoms. The Labute approximate surface area is 274 Å². The largest absolute Gasteiger partial charge is 0.494 e. The summed E-state index contributed by atoms with van der Waals surface area (Å²) < 4.78 is 25.5. The second-order valence-corrected chi connectivity index (χ2v) is 22.0. The van der Waals surface area contributed by atoms with Gasteiger partial charge in [-0.25, -0.2) is 0 Å². The summed E-state index contributed by atoms with van der Waals surface area (Å²) in [6.45, 7) is 20.0.